The summed E-state index contributed by atoms with van der Waals surface area (Å²) in [5.74, 6) is -0.115. The number of nitrogens with zero attached hydrogens (tertiary/aromatic N) is 2. The molecular weight excluding hydrogens is 340 g/mol. The summed E-state index contributed by atoms with van der Waals surface area (Å²) in [6.45, 7) is 8.33. The highest BCUT2D eigenvalue weighted by Crippen LogP contribution is 2.22. The molecule has 1 aliphatic heterocycles. The second-order valence-electron chi connectivity index (χ2n) is 6.36. The first kappa shape index (κ1) is 19.9. The maximum Gasteiger partial charge on any atom is 0.253 e. The summed E-state index contributed by atoms with van der Waals surface area (Å²) in [5, 5.41) is 0. The molecule has 0 N–H and O–H groups in total. The molecule has 0 aromatic heterocycles. The average Bonchev–Trinajstić information content (AvgIpc) is 2.61. The number of ether oxygens (including phenoxy) is 1. The highest BCUT2D eigenvalue weighted by atomic mass is 32.2. The maximum atomic E-state index is 12.9. The van der Waals surface area contributed by atoms with Gasteiger partial charge in [-0.15, -0.1) is 0 Å². The molecule has 1 heterocycles. The SMILES string of the molecule is CCCN(CCC)C(=O)c1cccc(S(=O)(=O)N2CCOCC2C)c1. The van der Waals surface area contributed by atoms with Crippen molar-refractivity contribution in [2.45, 2.75) is 44.6 Å². The Balaban J connectivity index is 2.29. The molecular formula is C18H28N2O4S. The molecule has 0 radical (unpaired) electrons. The third kappa shape index (κ3) is 4.59. The summed E-state index contributed by atoms with van der Waals surface area (Å²) in [6.07, 6.45) is 1.74. The maximum absolute atomic E-state index is 12.9. The minimum absolute atomic E-state index is 0.115. The van der Waals surface area contributed by atoms with Gasteiger partial charge in [-0.25, -0.2) is 8.42 Å². The minimum Gasteiger partial charge on any atom is -0.378 e. The second kappa shape index (κ2) is 8.78. The van der Waals surface area contributed by atoms with E-state index in [-0.39, 0.29) is 16.8 Å². The number of carbonyl (C=O) groups is 1. The zero-order valence-electron chi connectivity index (χ0n) is 15.3. The molecule has 1 aromatic carbocycles. The van der Waals surface area contributed by atoms with Crippen molar-refractivity contribution in [1.29, 1.82) is 0 Å². The quantitative estimate of drug-likeness (QED) is 0.741. The number of hydrogen-bond acceptors (Lipinski definition) is 4. The van der Waals surface area contributed by atoms with E-state index in [4.69, 9.17) is 4.74 Å². The smallest absolute Gasteiger partial charge is 0.253 e. The molecule has 0 saturated carbocycles. The third-order valence-corrected chi connectivity index (χ3v) is 6.28. The molecule has 7 heteroatoms. The van der Waals surface area contributed by atoms with Gasteiger partial charge in [0.15, 0.2) is 0 Å². The van der Waals surface area contributed by atoms with E-state index in [1.54, 1.807) is 23.1 Å². The molecule has 2 rings (SSSR count). The lowest BCUT2D eigenvalue weighted by Gasteiger charge is -2.32. The van der Waals surface area contributed by atoms with Gasteiger partial charge in [0.1, 0.15) is 0 Å². The monoisotopic (exact) mass is 368 g/mol. The lowest BCUT2D eigenvalue weighted by atomic mass is 10.2. The second-order valence-corrected chi connectivity index (χ2v) is 8.25. The summed E-state index contributed by atoms with van der Waals surface area (Å²) < 4.78 is 32.7. The Kier molecular flexibility index (Phi) is 6.98. The minimum atomic E-state index is -3.63. The highest BCUT2D eigenvalue weighted by Gasteiger charge is 2.32. The van der Waals surface area contributed by atoms with Crippen LogP contribution in [-0.2, 0) is 14.8 Å². The van der Waals surface area contributed by atoms with E-state index in [0.29, 0.717) is 38.4 Å². The van der Waals surface area contributed by atoms with Gasteiger partial charge in [-0.3, -0.25) is 4.79 Å². The lowest BCUT2D eigenvalue weighted by Crippen LogP contribution is -2.47. The van der Waals surface area contributed by atoms with Crippen molar-refractivity contribution in [2.24, 2.45) is 0 Å². The molecule has 1 amide bonds. The van der Waals surface area contributed by atoms with Gasteiger partial charge in [0.05, 0.1) is 18.1 Å². The van der Waals surface area contributed by atoms with Crippen LogP contribution in [0.15, 0.2) is 29.2 Å². The van der Waals surface area contributed by atoms with Crippen LogP contribution in [0.25, 0.3) is 0 Å². The molecule has 1 fully saturated rings. The first-order valence-corrected chi connectivity index (χ1v) is 10.3. The first-order chi connectivity index (χ1) is 11.9. The number of hydrogen-bond donors (Lipinski definition) is 0. The summed E-state index contributed by atoms with van der Waals surface area (Å²) in [5.41, 5.74) is 0.420. The molecule has 0 aliphatic carbocycles. The van der Waals surface area contributed by atoms with Crippen molar-refractivity contribution in [1.82, 2.24) is 9.21 Å². The fraction of sp³-hybridized carbons (Fsp3) is 0.611. The van der Waals surface area contributed by atoms with Crippen LogP contribution in [0.4, 0.5) is 0 Å². The fourth-order valence-electron chi connectivity index (χ4n) is 3.03. The van der Waals surface area contributed by atoms with Crippen molar-refractivity contribution >= 4 is 15.9 Å². The molecule has 1 aliphatic rings. The summed E-state index contributed by atoms with van der Waals surface area (Å²) >= 11 is 0. The van der Waals surface area contributed by atoms with E-state index in [9.17, 15) is 13.2 Å². The third-order valence-electron chi connectivity index (χ3n) is 4.27. The van der Waals surface area contributed by atoms with Gasteiger partial charge in [-0.05, 0) is 38.0 Å². The van der Waals surface area contributed by atoms with Crippen LogP contribution in [0.3, 0.4) is 0 Å². The molecule has 1 atom stereocenters. The lowest BCUT2D eigenvalue weighted by molar-refractivity contribution is 0.0392. The molecule has 1 saturated heterocycles. The van der Waals surface area contributed by atoms with Crippen LogP contribution in [0.2, 0.25) is 0 Å². The van der Waals surface area contributed by atoms with Crippen molar-refractivity contribution in [3.05, 3.63) is 29.8 Å². The van der Waals surface area contributed by atoms with E-state index in [2.05, 4.69) is 0 Å². The number of benzene rings is 1. The predicted octanol–water partition coefficient (Wildman–Crippen LogP) is 2.36. The van der Waals surface area contributed by atoms with E-state index in [1.807, 2.05) is 20.8 Å². The van der Waals surface area contributed by atoms with Crippen molar-refractivity contribution in [3.8, 4) is 0 Å². The number of carbonyl (C=O) groups excluding carboxylic acids is 1. The van der Waals surface area contributed by atoms with Gasteiger partial charge in [0, 0.05) is 31.2 Å². The van der Waals surface area contributed by atoms with Gasteiger partial charge in [-0.2, -0.15) is 4.31 Å². The van der Waals surface area contributed by atoms with Crippen molar-refractivity contribution in [3.63, 3.8) is 0 Å². The molecule has 6 nitrogen and oxygen atoms in total. The Morgan fingerprint density at radius 1 is 1.28 bits per heavy atom. The normalized spacial score (nSPS) is 18.9. The van der Waals surface area contributed by atoms with E-state index < -0.39 is 10.0 Å². The van der Waals surface area contributed by atoms with Crippen LogP contribution in [0.1, 0.15) is 44.0 Å². The zero-order chi connectivity index (χ0) is 18.4. The molecule has 0 spiro atoms. The average molecular weight is 368 g/mol. The van der Waals surface area contributed by atoms with Gasteiger partial charge in [0.2, 0.25) is 10.0 Å². The van der Waals surface area contributed by atoms with E-state index >= 15 is 0 Å². The van der Waals surface area contributed by atoms with Crippen LogP contribution in [0, 0.1) is 0 Å². The van der Waals surface area contributed by atoms with Gasteiger partial charge in [0.25, 0.3) is 5.91 Å². The Morgan fingerprint density at radius 2 is 1.96 bits per heavy atom. The Labute approximate surface area is 150 Å². The van der Waals surface area contributed by atoms with E-state index in [1.165, 1.54) is 10.4 Å². The predicted molar refractivity (Wildman–Crippen MR) is 97.1 cm³/mol. The highest BCUT2D eigenvalue weighted by molar-refractivity contribution is 7.89. The number of amides is 1. The number of sulfonamides is 1. The number of morpholine rings is 1. The summed E-state index contributed by atoms with van der Waals surface area (Å²) in [6, 6.07) is 6.16. The standard InChI is InChI=1S/C18H28N2O4S/c1-4-9-19(10-5-2)18(21)16-7-6-8-17(13-16)25(22,23)20-11-12-24-14-15(20)3/h6-8,13,15H,4-5,9-12,14H2,1-3H3. The van der Waals surface area contributed by atoms with Crippen LogP contribution in [0.5, 0.6) is 0 Å². The first-order valence-electron chi connectivity index (χ1n) is 8.90. The summed E-state index contributed by atoms with van der Waals surface area (Å²) in [4.78, 5) is 14.7. The van der Waals surface area contributed by atoms with Crippen LogP contribution < -0.4 is 0 Å². The van der Waals surface area contributed by atoms with Crippen molar-refractivity contribution < 1.29 is 17.9 Å². The molecule has 140 valence electrons. The van der Waals surface area contributed by atoms with Gasteiger partial charge < -0.3 is 9.64 Å². The Morgan fingerprint density at radius 3 is 2.56 bits per heavy atom. The summed E-state index contributed by atoms with van der Waals surface area (Å²) in [7, 11) is -3.63. The Bertz CT molecular complexity index is 684. The Hall–Kier alpha value is -1.44. The van der Waals surface area contributed by atoms with Crippen LogP contribution >= 0.6 is 0 Å². The molecule has 0 bridgehead atoms. The largest absolute Gasteiger partial charge is 0.378 e. The topological polar surface area (TPSA) is 66.9 Å². The van der Waals surface area contributed by atoms with E-state index in [0.717, 1.165) is 12.8 Å². The fourth-order valence-corrected chi connectivity index (χ4v) is 4.68. The van der Waals surface area contributed by atoms with Gasteiger partial charge in [-0.1, -0.05) is 19.9 Å². The number of rotatable bonds is 7. The van der Waals surface area contributed by atoms with Gasteiger partial charge >= 0.3 is 0 Å². The molecule has 25 heavy (non-hydrogen) atoms. The zero-order valence-corrected chi connectivity index (χ0v) is 16.1. The van der Waals surface area contributed by atoms with Crippen molar-refractivity contribution in [2.75, 3.05) is 32.8 Å². The molecule has 1 aromatic rings. The van der Waals surface area contributed by atoms with Crippen LogP contribution in [-0.4, -0.2) is 62.4 Å². The molecule has 1 unspecified atom stereocenters.